The van der Waals surface area contributed by atoms with Crippen LogP contribution in [0.1, 0.15) is 32.6 Å². The monoisotopic (exact) mass is 252 g/mol. The first-order chi connectivity index (χ1) is 8.04. The topological polar surface area (TPSA) is 15.3 Å². The Kier molecular flexibility index (Phi) is 6.27. The van der Waals surface area contributed by atoms with Crippen LogP contribution in [0, 0.1) is 5.92 Å². The van der Waals surface area contributed by atoms with E-state index >= 15 is 0 Å². The quantitative estimate of drug-likeness (QED) is 0.731. The van der Waals surface area contributed by atoms with E-state index in [9.17, 15) is 13.2 Å². The second-order valence-electron chi connectivity index (χ2n) is 4.78. The lowest BCUT2D eigenvalue weighted by Crippen LogP contribution is -2.44. The average molecular weight is 252 g/mol. The molecule has 1 rings (SSSR count). The Balaban J connectivity index is 2.17. The molecule has 1 heterocycles. The summed E-state index contributed by atoms with van der Waals surface area (Å²) in [6.45, 7) is 5.61. The van der Waals surface area contributed by atoms with Gasteiger partial charge in [-0.25, -0.2) is 0 Å². The Morgan fingerprint density at radius 3 is 2.71 bits per heavy atom. The molecule has 1 saturated heterocycles. The summed E-state index contributed by atoms with van der Waals surface area (Å²) < 4.78 is 37.7. The maximum atomic E-state index is 12.6. The van der Waals surface area contributed by atoms with Gasteiger partial charge in [-0.1, -0.05) is 13.3 Å². The first-order valence-electron chi connectivity index (χ1n) is 6.54. The zero-order valence-corrected chi connectivity index (χ0v) is 10.5. The number of rotatable bonds is 6. The molecule has 1 fully saturated rings. The van der Waals surface area contributed by atoms with Gasteiger partial charge >= 0.3 is 6.18 Å². The van der Waals surface area contributed by atoms with Crippen molar-refractivity contribution in [2.45, 2.75) is 38.8 Å². The lowest BCUT2D eigenvalue weighted by molar-refractivity contribution is -0.186. The molecule has 0 saturated carbocycles. The van der Waals surface area contributed by atoms with E-state index in [1.807, 2.05) is 4.90 Å². The van der Waals surface area contributed by atoms with E-state index in [0.29, 0.717) is 12.8 Å². The van der Waals surface area contributed by atoms with Crippen molar-refractivity contribution in [1.82, 2.24) is 10.2 Å². The van der Waals surface area contributed by atoms with Crippen molar-refractivity contribution in [3.8, 4) is 0 Å². The van der Waals surface area contributed by atoms with Crippen LogP contribution in [-0.2, 0) is 0 Å². The molecule has 0 aromatic rings. The molecule has 1 aliphatic heterocycles. The SMILES string of the molecule is CCCCNCCN1CCCC(C(F)(F)F)C1. The number of hydrogen-bond acceptors (Lipinski definition) is 2. The van der Waals surface area contributed by atoms with Gasteiger partial charge in [0.25, 0.3) is 0 Å². The first-order valence-corrected chi connectivity index (χ1v) is 6.54. The highest BCUT2D eigenvalue weighted by Gasteiger charge is 2.41. The van der Waals surface area contributed by atoms with E-state index in [-0.39, 0.29) is 6.54 Å². The molecule has 1 N–H and O–H groups in total. The van der Waals surface area contributed by atoms with Crippen LogP contribution < -0.4 is 5.32 Å². The van der Waals surface area contributed by atoms with Crippen LogP contribution in [0.5, 0.6) is 0 Å². The van der Waals surface area contributed by atoms with Crippen LogP contribution in [-0.4, -0.2) is 43.8 Å². The first kappa shape index (κ1) is 14.8. The Morgan fingerprint density at radius 2 is 2.06 bits per heavy atom. The summed E-state index contributed by atoms with van der Waals surface area (Å²) in [5, 5.41) is 3.26. The predicted molar refractivity (Wildman–Crippen MR) is 63.0 cm³/mol. The molecule has 1 unspecified atom stereocenters. The van der Waals surface area contributed by atoms with E-state index in [0.717, 1.165) is 39.0 Å². The van der Waals surface area contributed by atoms with Gasteiger partial charge in [0.05, 0.1) is 5.92 Å². The fourth-order valence-electron chi connectivity index (χ4n) is 2.19. The minimum atomic E-state index is -4.02. The molecule has 0 aromatic heterocycles. The van der Waals surface area contributed by atoms with Gasteiger partial charge in [0.15, 0.2) is 0 Å². The number of halogens is 3. The number of piperidine rings is 1. The molecule has 0 bridgehead atoms. The number of hydrogen-bond donors (Lipinski definition) is 1. The fraction of sp³-hybridized carbons (Fsp3) is 1.00. The van der Waals surface area contributed by atoms with Crippen molar-refractivity contribution in [2.24, 2.45) is 5.92 Å². The maximum absolute atomic E-state index is 12.6. The molecule has 0 amide bonds. The van der Waals surface area contributed by atoms with Crippen LogP contribution in [0.4, 0.5) is 13.2 Å². The third kappa shape index (κ3) is 5.73. The average Bonchev–Trinajstić information content (AvgIpc) is 2.28. The van der Waals surface area contributed by atoms with Crippen molar-refractivity contribution >= 4 is 0 Å². The number of nitrogens with one attached hydrogen (secondary N) is 1. The Bertz CT molecular complexity index is 206. The van der Waals surface area contributed by atoms with Gasteiger partial charge < -0.3 is 10.2 Å². The van der Waals surface area contributed by atoms with Crippen LogP contribution >= 0.6 is 0 Å². The van der Waals surface area contributed by atoms with Gasteiger partial charge in [-0.05, 0) is 32.4 Å². The second kappa shape index (κ2) is 7.21. The fourth-order valence-corrected chi connectivity index (χ4v) is 2.19. The van der Waals surface area contributed by atoms with Crippen molar-refractivity contribution in [3.63, 3.8) is 0 Å². The molecule has 17 heavy (non-hydrogen) atoms. The van der Waals surface area contributed by atoms with Crippen LogP contribution in [0.15, 0.2) is 0 Å². The van der Waals surface area contributed by atoms with Gasteiger partial charge in [0.2, 0.25) is 0 Å². The molecular weight excluding hydrogens is 229 g/mol. The lowest BCUT2D eigenvalue weighted by Gasteiger charge is -2.33. The molecule has 0 radical (unpaired) electrons. The number of unbranched alkanes of at least 4 members (excludes halogenated alkanes) is 1. The highest BCUT2D eigenvalue weighted by atomic mass is 19.4. The van der Waals surface area contributed by atoms with Crippen molar-refractivity contribution in [3.05, 3.63) is 0 Å². The normalized spacial score (nSPS) is 22.9. The van der Waals surface area contributed by atoms with E-state index < -0.39 is 12.1 Å². The summed E-state index contributed by atoms with van der Waals surface area (Å²) in [5.41, 5.74) is 0. The Labute approximate surface area is 102 Å². The third-order valence-electron chi connectivity index (χ3n) is 3.28. The molecule has 1 atom stereocenters. The van der Waals surface area contributed by atoms with E-state index in [2.05, 4.69) is 12.2 Å². The summed E-state index contributed by atoms with van der Waals surface area (Å²) in [5.74, 6) is -1.12. The van der Waals surface area contributed by atoms with Crippen molar-refractivity contribution in [2.75, 3.05) is 32.7 Å². The molecule has 0 aromatic carbocycles. The summed E-state index contributed by atoms with van der Waals surface area (Å²) in [4.78, 5) is 1.93. The molecule has 0 aliphatic carbocycles. The zero-order chi connectivity index (χ0) is 12.7. The van der Waals surface area contributed by atoms with E-state index in [4.69, 9.17) is 0 Å². The molecular formula is C12H23F3N2. The maximum Gasteiger partial charge on any atom is 0.393 e. The number of alkyl halides is 3. The second-order valence-corrected chi connectivity index (χ2v) is 4.78. The van der Waals surface area contributed by atoms with Gasteiger partial charge in [0, 0.05) is 19.6 Å². The van der Waals surface area contributed by atoms with E-state index in [1.165, 1.54) is 0 Å². The third-order valence-corrected chi connectivity index (χ3v) is 3.28. The molecule has 102 valence electrons. The van der Waals surface area contributed by atoms with Crippen LogP contribution in [0.2, 0.25) is 0 Å². The van der Waals surface area contributed by atoms with Gasteiger partial charge in [0.1, 0.15) is 0 Å². The van der Waals surface area contributed by atoms with Gasteiger partial charge in [-0.2, -0.15) is 13.2 Å². The lowest BCUT2D eigenvalue weighted by atomic mass is 9.97. The minimum absolute atomic E-state index is 0.180. The predicted octanol–water partition coefficient (Wildman–Crippen LogP) is 2.65. The largest absolute Gasteiger partial charge is 0.393 e. The highest BCUT2D eigenvalue weighted by molar-refractivity contribution is 4.78. The standard InChI is InChI=1S/C12H23F3N2/c1-2-3-6-16-7-9-17-8-4-5-11(10-17)12(13,14)15/h11,16H,2-10H2,1H3. The zero-order valence-electron chi connectivity index (χ0n) is 10.5. The summed E-state index contributed by atoms with van der Waals surface area (Å²) >= 11 is 0. The smallest absolute Gasteiger partial charge is 0.315 e. The van der Waals surface area contributed by atoms with E-state index in [1.54, 1.807) is 0 Å². The molecule has 2 nitrogen and oxygen atoms in total. The molecule has 5 heteroatoms. The Hall–Kier alpha value is -0.290. The number of nitrogens with zero attached hydrogens (tertiary/aromatic N) is 1. The van der Waals surface area contributed by atoms with Crippen molar-refractivity contribution in [1.29, 1.82) is 0 Å². The van der Waals surface area contributed by atoms with Gasteiger partial charge in [-0.3, -0.25) is 0 Å². The molecule has 1 aliphatic rings. The molecule has 0 spiro atoms. The van der Waals surface area contributed by atoms with Crippen LogP contribution in [0.3, 0.4) is 0 Å². The minimum Gasteiger partial charge on any atom is -0.315 e. The van der Waals surface area contributed by atoms with Gasteiger partial charge in [-0.15, -0.1) is 0 Å². The summed E-state index contributed by atoms with van der Waals surface area (Å²) in [7, 11) is 0. The Morgan fingerprint density at radius 1 is 1.29 bits per heavy atom. The summed E-state index contributed by atoms with van der Waals surface area (Å²) in [6, 6.07) is 0. The van der Waals surface area contributed by atoms with Crippen molar-refractivity contribution < 1.29 is 13.2 Å². The highest BCUT2D eigenvalue weighted by Crippen LogP contribution is 2.32. The summed E-state index contributed by atoms with van der Waals surface area (Å²) in [6.07, 6.45) is -0.783. The van der Waals surface area contributed by atoms with Crippen LogP contribution in [0.25, 0.3) is 0 Å². The number of likely N-dealkylation sites (tertiary alicyclic amines) is 1.